The molecule has 0 unspecified atom stereocenters. The van der Waals surface area contributed by atoms with Crippen LogP contribution in [0.3, 0.4) is 0 Å². The average Bonchev–Trinajstić information content (AvgIpc) is 3.22. The van der Waals surface area contributed by atoms with Gasteiger partial charge in [-0.05, 0) is 71.1 Å². The summed E-state index contributed by atoms with van der Waals surface area (Å²) in [5, 5.41) is 12.0. The van der Waals surface area contributed by atoms with E-state index in [2.05, 4.69) is 66.3 Å². The maximum Gasteiger partial charge on any atom is 0.186 e. The fraction of sp³-hybridized carbons (Fsp3) is 0.520. The summed E-state index contributed by atoms with van der Waals surface area (Å²) in [6.45, 7) is 9.87. The molecule has 168 valence electrons. The molecule has 2 N–H and O–H groups in total. The zero-order valence-corrected chi connectivity index (χ0v) is 20.1. The summed E-state index contributed by atoms with van der Waals surface area (Å²) >= 11 is 1.85. The lowest BCUT2D eigenvalue weighted by Crippen LogP contribution is -2.62. The van der Waals surface area contributed by atoms with Crippen LogP contribution in [0.1, 0.15) is 59.1 Å². The summed E-state index contributed by atoms with van der Waals surface area (Å²) in [6, 6.07) is 7.58. The van der Waals surface area contributed by atoms with Gasteiger partial charge in [-0.1, -0.05) is 17.4 Å². The lowest BCUT2D eigenvalue weighted by atomic mass is 9.79. The molecule has 4 heterocycles. The molecular weight excluding hydrogens is 418 g/mol. The van der Waals surface area contributed by atoms with Gasteiger partial charge < -0.3 is 15.0 Å². The highest BCUT2D eigenvalue weighted by molar-refractivity contribution is 7.19. The number of hydrogen-bond donors (Lipinski definition) is 2. The van der Waals surface area contributed by atoms with Crippen molar-refractivity contribution in [2.45, 2.75) is 83.1 Å². The second-order valence-corrected chi connectivity index (χ2v) is 11.8. The third-order valence-electron chi connectivity index (χ3n) is 6.83. The van der Waals surface area contributed by atoms with Gasteiger partial charge in [0.05, 0.1) is 16.8 Å². The van der Waals surface area contributed by atoms with E-state index in [0.717, 1.165) is 41.0 Å². The van der Waals surface area contributed by atoms with Crippen LogP contribution in [0.15, 0.2) is 30.6 Å². The lowest BCUT2D eigenvalue weighted by molar-refractivity contribution is 0.158. The highest BCUT2D eigenvalue weighted by Gasteiger charge is 2.45. The first kappa shape index (κ1) is 20.2. The van der Waals surface area contributed by atoms with Gasteiger partial charge in [0.1, 0.15) is 12.4 Å². The molecular formula is C25H31N5OS. The Labute approximate surface area is 193 Å². The maximum atomic E-state index is 6.15. The molecule has 3 aliphatic rings. The summed E-state index contributed by atoms with van der Waals surface area (Å²) in [7, 11) is 0. The van der Waals surface area contributed by atoms with Crippen LogP contribution in [0.25, 0.3) is 21.6 Å². The SMILES string of the molecule is CC1(C)CC(N(c2nc3c(s2)-c2ccc(-c4cn[nH]c4)cc2OC3)C2CC2)CC(C)(C)N1. The van der Waals surface area contributed by atoms with Crippen molar-refractivity contribution in [2.75, 3.05) is 4.90 Å². The van der Waals surface area contributed by atoms with Gasteiger partial charge in [0.15, 0.2) is 5.13 Å². The van der Waals surface area contributed by atoms with E-state index in [1.807, 2.05) is 23.7 Å². The topological polar surface area (TPSA) is 66.1 Å². The number of hydrogen-bond acceptors (Lipinski definition) is 6. The largest absolute Gasteiger partial charge is 0.487 e. The molecule has 1 saturated carbocycles. The molecule has 0 radical (unpaired) electrons. The Bertz CT molecular complexity index is 1130. The van der Waals surface area contributed by atoms with Crippen LogP contribution in [0, 0.1) is 0 Å². The molecule has 32 heavy (non-hydrogen) atoms. The quantitative estimate of drug-likeness (QED) is 0.560. The summed E-state index contributed by atoms with van der Waals surface area (Å²) in [5.74, 6) is 0.938. The van der Waals surface area contributed by atoms with Gasteiger partial charge in [0, 0.05) is 40.5 Å². The molecule has 1 saturated heterocycles. The van der Waals surface area contributed by atoms with Crippen molar-refractivity contribution in [1.29, 1.82) is 0 Å². The normalized spacial score (nSPS) is 21.5. The molecule has 2 aromatic heterocycles. The van der Waals surface area contributed by atoms with E-state index in [4.69, 9.17) is 9.72 Å². The van der Waals surface area contributed by atoms with Crippen LogP contribution < -0.4 is 15.0 Å². The lowest BCUT2D eigenvalue weighted by Gasteiger charge is -2.49. The Morgan fingerprint density at radius 1 is 1.06 bits per heavy atom. The molecule has 6 rings (SSSR count). The van der Waals surface area contributed by atoms with Crippen molar-refractivity contribution in [2.24, 2.45) is 0 Å². The van der Waals surface area contributed by atoms with E-state index in [-0.39, 0.29) is 11.1 Å². The van der Waals surface area contributed by atoms with Gasteiger partial charge in [-0.25, -0.2) is 4.98 Å². The summed E-state index contributed by atoms with van der Waals surface area (Å²) in [5.41, 5.74) is 4.66. The van der Waals surface area contributed by atoms with Gasteiger partial charge in [-0.15, -0.1) is 0 Å². The Kier molecular flexibility index (Phi) is 4.46. The molecule has 0 atom stereocenters. The van der Waals surface area contributed by atoms with Crippen molar-refractivity contribution in [3.05, 3.63) is 36.3 Å². The molecule has 0 amide bonds. The molecule has 1 aliphatic carbocycles. The predicted molar refractivity (Wildman–Crippen MR) is 129 cm³/mol. The van der Waals surface area contributed by atoms with Crippen LogP contribution in [0.5, 0.6) is 5.75 Å². The highest BCUT2D eigenvalue weighted by Crippen LogP contribution is 2.48. The number of aromatic nitrogens is 3. The summed E-state index contributed by atoms with van der Waals surface area (Å²) in [6.07, 6.45) is 8.58. The second-order valence-electron chi connectivity index (χ2n) is 10.9. The molecule has 3 aromatic rings. The zero-order chi connectivity index (χ0) is 22.1. The number of benzene rings is 1. The molecule has 2 fully saturated rings. The Morgan fingerprint density at radius 3 is 2.53 bits per heavy atom. The summed E-state index contributed by atoms with van der Waals surface area (Å²) in [4.78, 5) is 9.06. The van der Waals surface area contributed by atoms with Gasteiger partial charge in [-0.2, -0.15) is 5.10 Å². The minimum Gasteiger partial charge on any atom is -0.487 e. The van der Waals surface area contributed by atoms with Crippen molar-refractivity contribution < 1.29 is 4.74 Å². The van der Waals surface area contributed by atoms with Crippen molar-refractivity contribution in [3.63, 3.8) is 0 Å². The van der Waals surface area contributed by atoms with Crippen LogP contribution in [0.2, 0.25) is 0 Å². The smallest absolute Gasteiger partial charge is 0.186 e. The zero-order valence-electron chi connectivity index (χ0n) is 19.2. The third kappa shape index (κ3) is 3.61. The van der Waals surface area contributed by atoms with Crippen LogP contribution in [0.4, 0.5) is 5.13 Å². The summed E-state index contributed by atoms with van der Waals surface area (Å²) < 4.78 is 6.15. The first-order valence-electron chi connectivity index (χ1n) is 11.6. The predicted octanol–water partition coefficient (Wildman–Crippen LogP) is 5.37. The molecule has 7 heteroatoms. The highest BCUT2D eigenvalue weighted by atomic mass is 32.1. The third-order valence-corrected chi connectivity index (χ3v) is 7.98. The van der Waals surface area contributed by atoms with Crippen LogP contribution in [-0.4, -0.2) is 38.3 Å². The molecule has 0 bridgehead atoms. The fourth-order valence-corrected chi connectivity index (χ4v) is 6.99. The first-order valence-corrected chi connectivity index (χ1v) is 12.4. The molecule has 2 aliphatic heterocycles. The molecule has 6 nitrogen and oxygen atoms in total. The number of nitrogens with one attached hydrogen (secondary N) is 2. The number of anilines is 1. The maximum absolute atomic E-state index is 6.15. The average molecular weight is 450 g/mol. The van der Waals surface area contributed by atoms with Crippen molar-refractivity contribution in [1.82, 2.24) is 20.5 Å². The van der Waals surface area contributed by atoms with Gasteiger partial charge in [0.25, 0.3) is 0 Å². The number of piperidine rings is 1. The number of rotatable bonds is 4. The van der Waals surface area contributed by atoms with E-state index >= 15 is 0 Å². The number of aromatic amines is 1. The van der Waals surface area contributed by atoms with Crippen molar-refractivity contribution >= 4 is 16.5 Å². The Balaban J connectivity index is 1.35. The van der Waals surface area contributed by atoms with E-state index in [9.17, 15) is 0 Å². The number of fused-ring (bicyclic) bond motifs is 3. The number of ether oxygens (including phenoxy) is 1. The minimum absolute atomic E-state index is 0.121. The van der Waals surface area contributed by atoms with Gasteiger partial charge in [0.2, 0.25) is 0 Å². The number of nitrogens with zero attached hydrogens (tertiary/aromatic N) is 3. The standard InChI is InChI=1S/C25H31N5OS/c1-24(2)10-18(11-25(3,4)29-24)30(17-6-7-17)23-28-20-14-31-21-9-15(16-12-26-27-13-16)5-8-19(21)22(20)32-23/h5,8-9,12-13,17-18,29H,6-7,10-11,14H2,1-4H3,(H,26,27). The number of H-pyrrole nitrogens is 1. The van der Waals surface area contributed by atoms with E-state index < -0.39 is 0 Å². The van der Waals surface area contributed by atoms with E-state index in [1.54, 1.807) is 0 Å². The second kappa shape index (κ2) is 7.06. The van der Waals surface area contributed by atoms with E-state index in [1.165, 1.54) is 22.9 Å². The van der Waals surface area contributed by atoms with Gasteiger partial charge >= 0.3 is 0 Å². The number of thiazole rings is 1. The molecule has 1 aromatic carbocycles. The van der Waals surface area contributed by atoms with E-state index in [0.29, 0.717) is 18.7 Å². The molecule has 0 spiro atoms. The van der Waals surface area contributed by atoms with Crippen molar-refractivity contribution in [3.8, 4) is 27.3 Å². The van der Waals surface area contributed by atoms with Crippen LogP contribution in [-0.2, 0) is 6.61 Å². The van der Waals surface area contributed by atoms with Crippen LogP contribution >= 0.6 is 11.3 Å². The monoisotopic (exact) mass is 449 g/mol. The van der Waals surface area contributed by atoms with Gasteiger partial charge in [-0.3, -0.25) is 5.10 Å². The first-order chi connectivity index (χ1) is 15.3. The Hall–Kier alpha value is -2.38. The minimum atomic E-state index is 0.121. The fourth-order valence-electron chi connectivity index (χ4n) is 5.75. The Morgan fingerprint density at radius 2 is 1.84 bits per heavy atom.